The van der Waals surface area contributed by atoms with Crippen LogP contribution in [0.2, 0.25) is 0 Å². The Morgan fingerprint density at radius 3 is 2.42 bits per heavy atom. The van der Waals surface area contributed by atoms with Crippen molar-refractivity contribution in [1.82, 2.24) is 4.90 Å². The van der Waals surface area contributed by atoms with Crippen LogP contribution in [-0.4, -0.2) is 37.7 Å². The van der Waals surface area contributed by atoms with E-state index in [1.54, 1.807) is 0 Å². The number of fused-ring (bicyclic) bond motifs is 1. The molecule has 2 aliphatic rings. The van der Waals surface area contributed by atoms with Crippen LogP contribution < -0.4 is 0 Å². The van der Waals surface area contributed by atoms with Crippen molar-refractivity contribution in [3.63, 3.8) is 0 Å². The number of likely N-dealkylation sites (tertiary alicyclic amines) is 1. The molecule has 1 aliphatic carbocycles. The average molecular weight is 434 g/mol. The molecule has 1 aliphatic heterocycles. The molecule has 3 nitrogen and oxygen atoms in total. The van der Waals surface area contributed by atoms with Crippen LogP contribution in [0.3, 0.4) is 0 Å². The van der Waals surface area contributed by atoms with Crippen molar-refractivity contribution in [2.75, 3.05) is 19.6 Å². The van der Waals surface area contributed by atoms with E-state index in [1.807, 2.05) is 42.5 Å². The van der Waals surface area contributed by atoms with E-state index in [0.717, 1.165) is 62.5 Å². The SMILES string of the molecule is O=S(=O)(c1cccc2ccccc12)C1(CCCN2CCC(c3ccccc3)C2)CCC1. The van der Waals surface area contributed by atoms with Gasteiger partial charge in [0.15, 0.2) is 9.84 Å². The Morgan fingerprint density at radius 1 is 0.903 bits per heavy atom. The molecule has 0 amide bonds. The number of rotatable bonds is 7. The highest BCUT2D eigenvalue weighted by Gasteiger charge is 2.49. The third kappa shape index (κ3) is 3.81. The van der Waals surface area contributed by atoms with Crippen molar-refractivity contribution in [3.8, 4) is 0 Å². The van der Waals surface area contributed by atoms with Crippen molar-refractivity contribution in [1.29, 1.82) is 0 Å². The molecule has 0 aromatic heterocycles. The topological polar surface area (TPSA) is 37.4 Å². The van der Waals surface area contributed by atoms with Gasteiger partial charge in [-0.05, 0) is 68.1 Å². The lowest BCUT2D eigenvalue weighted by Gasteiger charge is -2.41. The number of hydrogen-bond donors (Lipinski definition) is 0. The molecule has 3 aromatic rings. The second kappa shape index (κ2) is 8.40. The van der Waals surface area contributed by atoms with Crippen LogP contribution >= 0.6 is 0 Å². The van der Waals surface area contributed by atoms with E-state index in [1.165, 1.54) is 12.0 Å². The normalized spacial score (nSPS) is 21.2. The van der Waals surface area contributed by atoms with E-state index < -0.39 is 14.6 Å². The van der Waals surface area contributed by atoms with Crippen LogP contribution in [0.5, 0.6) is 0 Å². The summed E-state index contributed by atoms with van der Waals surface area (Å²) < 4.78 is 27.0. The van der Waals surface area contributed by atoms with Gasteiger partial charge in [-0.15, -0.1) is 0 Å². The first-order valence-corrected chi connectivity index (χ1v) is 13.1. The summed E-state index contributed by atoms with van der Waals surface area (Å²) in [7, 11) is -3.36. The highest BCUT2D eigenvalue weighted by Crippen LogP contribution is 2.47. The van der Waals surface area contributed by atoms with Crippen LogP contribution in [0.15, 0.2) is 77.7 Å². The molecule has 31 heavy (non-hydrogen) atoms. The molecular weight excluding hydrogens is 402 g/mol. The molecule has 5 rings (SSSR count). The average Bonchev–Trinajstić information content (AvgIpc) is 3.24. The van der Waals surface area contributed by atoms with Crippen LogP contribution in [0, 0.1) is 0 Å². The standard InChI is InChI=1S/C27H31NO2S/c29-31(30,26-14-6-12-23-11-4-5-13-25(23)26)27(16-7-17-27)18-8-19-28-20-15-24(21-28)22-9-2-1-3-10-22/h1-6,9-14,24H,7-8,15-21H2. The van der Waals surface area contributed by atoms with Crippen LogP contribution in [0.1, 0.15) is 50.0 Å². The number of benzene rings is 3. The van der Waals surface area contributed by atoms with E-state index in [4.69, 9.17) is 0 Å². The van der Waals surface area contributed by atoms with E-state index in [9.17, 15) is 8.42 Å². The second-order valence-electron chi connectivity index (χ2n) is 9.32. The van der Waals surface area contributed by atoms with Gasteiger partial charge in [0, 0.05) is 11.9 Å². The van der Waals surface area contributed by atoms with Crippen molar-refractivity contribution < 1.29 is 8.42 Å². The molecule has 0 spiro atoms. The first kappa shape index (κ1) is 20.7. The predicted molar refractivity (Wildman–Crippen MR) is 127 cm³/mol. The summed E-state index contributed by atoms with van der Waals surface area (Å²) in [4.78, 5) is 3.05. The quantitative estimate of drug-likeness (QED) is 0.472. The third-order valence-electron chi connectivity index (χ3n) is 7.52. The van der Waals surface area contributed by atoms with Gasteiger partial charge in [0.05, 0.1) is 9.64 Å². The smallest absolute Gasteiger partial charge is 0.184 e. The fourth-order valence-electron chi connectivity index (χ4n) is 5.55. The number of hydrogen-bond acceptors (Lipinski definition) is 3. The molecule has 0 radical (unpaired) electrons. The lowest BCUT2D eigenvalue weighted by atomic mass is 9.81. The predicted octanol–water partition coefficient (Wildman–Crippen LogP) is 5.81. The van der Waals surface area contributed by atoms with Gasteiger partial charge in [0.2, 0.25) is 0 Å². The Balaban J connectivity index is 1.27. The highest BCUT2D eigenvalue weighted by molar-refractivity contribution is 7.93. The minimum Gasteiger partial charge on any atom is -0.303 e. The zero-order valence-electron chi connectivity index (χ0n) is 18.0. The fourth-order valence-corrected chi connectivity index (χ4v) is 7.98. The zero-order chi connectivity index (χ0) is 21.3. The van der Waals surface area contributed by atoms with Gasteiger partial charge >= 0.3 is 0 Å². The number of sulfone groups is 1. The molecule has 162 valence electrons. The second-order valence-corrected chi connectivity index (χ2v) is 11.6. The number of nitrogens with zero attached hydrogens (tertiary/aromatic N) is 1. The summed E-state index contributed by atoms with van der Waals surface area (Å²) in [5.74, 6) is 0.610. The summed E-state index contributed by atoms with van der Waals surface area (Å²) in [6.07, 6.45) is 5.53. The fraction of sp³-hybridized carbons (Fsp3) is 0.407. The molecule has 1 saturated carbocycles. The summed E-state index contributed by atoms with van der Waals surface area (Å²) in [5, 5.41) is 1.86. The van der Waals surface area contributed by atoms with Gasteiger partial charge in [0.1, 0.15) is 0 Å². The molecule has 1 atom stereocenters. The van der Waals surface area contributed by atoms with Gasteiger partial charge in [-0.25, -0.2) is 8.42 Å². The van der Waals surface area contributed by atoms with E-state index in [0.29, 0.717) is 10.8 Å². The van der Waals surface area contributed by atoms with E-state index >= 15 is 0 Å². The highest BCUT2D eigenvalue weighted by atomic mass is 32.2. The Kier molecular flexibility index (Phi) is 5.61. The van der Waals surface area contributed by atoms with Gasteiger partial charge in [-0.3, -0.25) is 0 Å². The van der Waals surface area contributed by atoms with Crippen LogP contribution in [0.4, 0.5) is 0 Å². The molecule has 1 saturated heterocycles. The summed E-state index contributed by atoms with van der Waals surface area (Å²) in [6.45, 7) is 3.20. The van der Waals surface area contributed by atoms with Crippen LogP contribution in [0.25, 0.3) is 10.8 Å². The van der Waals surface area contributed by atoms with Gasteiger partial charge in [0.25, 0.3) is 0 Å². The van der Waals surface area contributed by atoms with Crippen molar-refractivity contribution in [3.05, 3.63) is 78.4 Å². The lowest BCUT2D eigenvalue weighted by molar-refractivity contribution is 0.274. The first-order chi connectivity index (χ1) is 15.1. The molecule has 1 unspecified atom stereocenters. The Hall–Kier alpha value is -2.17. The Bertz CT molecular complexity index is 1150. The lowest BCUT2D eigenvalue weighted by Crippen LogP contribution is -2.45. The minimum absolute atomic E-state index is 0.524. The molecule has 3 aromatic carbocycles. The Morgan fingerprint density at radius 2 is 1.65 bits per heavy atom. The monoisotopic (exact) mass is 433 g/mol. The summed E-state index contributed by atoms with van der Waals surface area (Å²) in [6, 6.07) is 24.3. The molecule has 2 fully saturated rings. The third-order valence-corrected chi connectivity index (χ3v) is 10.2. The first-order valence-electron chi connectivity index (χ1n) is 11.6. The Labute approximate surface area is 186 Å². The van der Waals surface area contributed by atoms with Gasteiger partial charge < -0.3 is 4.90 Å². The summed E-state index contributed by atoms with van der Waals surface area (Å²) in [5.41, 5.74) is 1.43. The van der Waals surface area contributed by atoms with Crippen molar-refractivity contribution in [2.24, 2.45) is 0 Å². The molecule has 1 heterocycles. The maximum absolute atomic E-state index is 13.8. The molecule has 0 N–H and O–H groups in total. The largest absolute Gasteiger partial charge is 0.303 e. The van der Waals surface area contributed by atoms with E-state index in [-0.39, 0.29) is 0 Å². The molecule has 4 heteroatoms. The maximum atomic E-state index is 13.8. The van der Waals surface area contributed by atoms with E-state index in [2.05, 4.69) is 35.2 Å². The van der Waals surface area contributed by atoms with Gasteiger partial charge in [-0.1, -0.05) is 73.2 Å². The maximum Gasteiger partial charge on any atom is 0.184 e. The van der Waals surface area contributed by atoms with Gasteiger partial charge in [-0.2, -0.15) is 0 Å². The van der Waals surface area contributed by atoms with Crippen molar-refractivity contribution in [2.45, 2.75) is 54.1 Å². The molecule has 0 bridgehead atoms. The van der Waals surface area contributed by atoms with Crippen molar-refractivity contribution >= 4 is 20.6 Å². The zero-order valence-corrected chi connectivity index (χ0v) is 18.9. The summed E-state index contributed by atoms with van der Waals surface area (Å²) >= 11 is 0. The minimum atomic E-state index is -3.36. The van der Waals surface area contributed by atoms with Crippen LogP contribution in [-0.2, 0) is 9.84 Å². The molecular formula is C27H31NO2S.